The summed E-state index contributed by atoms with van der Waals surface area (Å²) in [5, 5.41) is 20.6. The zero-order valence-electron chi connectivity index (χ0n) is 21.6. The molecule has 1 radical (unpaired) electrons. The maximum Gasteiger partial charge on any atom is 0.407 e. The van der Waals surface area contributed by atoms with Gasteiger partial charge in [-0.25, -0.2) is 4.79 Å². The molecule has 39 heavy (non-hydrogen) atoms. The van der Waals surface area contributed by atoms with E-state index in [1.807, 2.05) is 24.3 Å². The van der Waals surface area contributed by atoms with Crippen molar-refractivity contribution in [3.63, 3.8) is 0 Å². The number of benzene rings is 3. The zero-order valence-corrected chi connectivity index (χ0v) is 21.6. The predicted octanol–water partition coefficient (Wildman–Crippen LogP) is 5.08. The van der Waals surface area contributed by atoms with Crippen LogP contribution in [0, 0.1) is 16.0 Å². The van der Waals surface area contributed by atoms with Gasteiger partial charge in [-0.1, -0.05) is 48.5 Å². The number of alkyl carbamates (subject to hydrolysis) is 1. The summed E-state index contributed by atoms with van der Waals surface area (Å²) in [7, 11) is 0. The third-order valence-corrected chi connectivity index (χ3v) is 7.23. The topological polar surface area (TPSA) is 123 Å². The second-order valence-corrected chi connectivity index (χ2v) is 9.73. The van der Waals surface area contributed by atoms with Crippen molar-refractivity contribution in [2.75, 3.05) is 38.1 Å². The summed E-state index contributed by atoms with van der Waals surface area (Å²) in [5.41, 5.74) is 5.16. The number of nitrogens with zero attached hydrogens (tertiary/aromatic N) is 1. The fourth-order valence-corrected chi connectivity index (χ4v) is 5.28. The summed E-state index contributed by atoms with van der Waals surface area (Å²) in [6.07, 6.45) is 1.62. The maximum absolute atomic E-state index is 12.7. The quantitative estimate of drug-likeness (QED) is 0.145. The van der Waals surface area contributed by atoms with Gasteiger partial charge in [-0.3, -0.25) is 14.9 Å². The summed E-state index contributed by atoms with van der Waals surface area (Å²) in [6, 6.07) is 20.8. The van der Waals surface area contributed by atoms with Gasteiger partial charge in [0.2, 0.25) is 0 Å². The Kier molecular flexibility index (Phi) is 8.17. The Morgan fingerprint density at radius 1 is 1.00 bits per heavy atom. The fraction of sp³-hybridized carbons (Fsp3) is 0.300. The van der Waals surface area contributed by atoms with Gasteiger partial charge in [0.1, 0.15) is 12.3 Å². The van der Waals surface area contributed by atoms with Gasteiger partial charge in [-0.2, -0.15) is 0 Å². The Labute approximate surface area is 227 Å². The summed E-state index contributed by atoms with van der Waals surface area (Å²) in [4.78, 5) is 36.2. The van der Waals surface area contributed by atoms with Crippen molar-refractivity contribution in [1.29, 1.82) is 0 Å². The molecule has 1 fully saturated rings. The number of anilines is 1. The van der Waals surface area contributed by atoms with Crippen LogP contribution >= 0.6 is 0 Å². The van der Waals surface area contributed by atoms with Gasteiger partial charge in [-0.15, -0.1) is 0 Å². The molecule has 1 saturated heterocycles. The molecular weight excluding hydrogens is 496 g/mol. The highest BCUT2D eigenvalue weighted by atomic mass is 16.6. The van der Waals surface area contributed by atoms with Gasteiger partial charge < -0.3 is 20.7 Å². The number of nitro groups is 1. The number of Topliss-reactive ketones (excluding diaryl/α,β-unsaturated/α-hetero) is 1. The number of fused-ring (bicyclic) bond motifs is 3. The molecule has 3 aromatic carbocycles. The number of ketones is 1. The SMILES string of the molecule is O=C(NCCCNc1ccc(C(=O)[C]2CCCNC2)cc1[N+](=O)[O-])OCC1c2ccccc2-c2ccccc21. The molecule has 9 heteroatoms. The number of nitro benzene ring substituents is 1. The first-order valence-corrected chi connectivity index (χ1v) is 13.2. The van der Waals surface area contributed by atoms with E-state index in [2.05, 4.69) is 40.2 Å². The smallest absolute Gasteiger partial charge is 0.407 e. The number of rotatable bonds is 10. The predicted molar refractivity (Wildman–Crippen MR) is 149 cm³/mol. The van der Waals surface area contributed by atoms with E-state index >= 15 is 0 Å². The van der Waals surface area contributed by atoms with Crippen LogP contribution in [0.4, 0.5) is 16.2 Å². The highest BCUT2D eigenvalue weighted by molar-refractivity contribution is 6.07. The molecule has 5 rings (SSSR count). The summed E-state index contributed by atoms with van der Waals surface area (Å²) < 4.78 is 5.54. The Morgan fingerprint density at radius 3 is 2.38 bits per heavy atom. The molecule has 201 valence electrons. The van der Waals surface area contributed by atoms with E-state index in [1.165, 1.54) is 17.2 Å². The molecule has 0 spiro atoms. The largest absolute Gasteiger partial charge is 0.449 e. The zero-order chi connectivity index (χ0) is 27.2. The van der Waals surface area contributed by atoms with Gasteiger partial charge in [0.05, 0.1) is 10.8 Å². The van der Waals surface area contributed by atoms with E-state index in [0.717, 1.165) is 30.0 Å². The molecule has 3 N–H and O–H groups in total. The number of amides is 1. The molecule has 0 bridgehead atoms. The number of piperidine rings is 1. The van der Waals surface area contributed by atoms with Crippen molar-refractivity contribution in [1.82, 2.24) is 10.6 Å². The maximum atomic E-state index is 12.7. The molecule has 0 atom stereocenters. The van der Waals surface area contributed by atoms with Crippen LogP contribution in [0.5, 0.6) is 0 Å². The first kappa shape index (κ1) is 26.4. The van der Waals surface area contributed by atoms with Crippen LogP contribution < -0.4 is 16.0 Å². The first-order chi connectivity index (χ1) is 19.0. The van der Waals surface area contributed by atoms with E-state index in [4.69, 9.17) is 4.74 Å². The van der Waals surface area contributed by atoms with Crippen LogP contribution in [0.3, 0.4) is 0 Å². The highest BCUT2D eigenvalue weighted by Crippen LogP contribution is 2.44. The second kappa shape index (κ2) is 12.1. The third-order valence-electron chi connectivity index (χ3n) is 7.23. The van der Waals surface area contributed by atoms with Crippen LogP contribution in [-0.4, -0.2) is 49.6 Å². The lowest BCUT2D eigenvalue weighted by Crippen LogP contribution is -2.32. The number of nitrogens with one attached hydrogen (secondary N) is 3. The fourth-order valence-electron chi connectivity index (χ4n) is 5.28. The Hall–Kier alpha value is -4.24. The van der Waals surface area contributed by atoms with Gasteiger partial charge in [0, 0.05) is 37.2 Å². The summed E-state index contributed by atoms with van der Waals surface area (Å²) in [6.45, 7) is 2.38. The van der Waals surface area contributed by atoms with Crippen molar-refractivity contribution >= 4 is 23.3 Å². The van der Waals surface area contributed by atoms with Gasteiger partial charge in [-0.05, 0) is 60.2 Å². The molecule has 1 heterocycles. The molecule has 0 unspecified atom stereocenters. The molecule has 1 aliphatic carbocycles. The minimum absolute atomic E-state index is 0.00649. The van der Waals surface area contributed by atoms with Crippen LogP contribution in [0.2, 0.25) is 0 Å². The molecule has 0 aromatic heterocycles. The first-order valence-electron chi connectivity index (χ1n) is 13.2. The van der Waals surface area contributed by atoms with Crippen LogP contribution in [0.25, 0.3) is 11.1 Å². The Balaban J connectivity index is 1.09. The number of hydrogen-bond donors (Lipinski definition) is 3. The van der Waals surface area contributed by atoms with E-state index in [-0.39, 0.29) is 24.0 Å². The van der Waals surface area contributed by atoms with Gasteiger partial charge in [0.25, 0.3) is 5.69 Å². The monoisotopic (exact) mass is 527 g/mol. The normalized spacial score (nSPS) is 14.8. The van der Waals surface area contributed by atoms with E-state index in [1.54, 1.807) is 12.1 Å². The standard InChI is InChI=1S/C30H31N4O5/c35-29(21-7-5-14-31-18-21)20-12-13-27(28(17-20)34(37)38)32-15-6-16-33-30(36)39-19-26-24-10-3-1-8-22(24)23-9-2-4-11-25(23)26/h1-4,8-13,17,26,31-32H,5-7,14-16,18-19H2,(H,33,36). The molecule has 2 aliphatic rings. The van der Waals surface area contributed by atoms with Crippen molar-refractivity contribution < 1.29 is 19.2 Å². The average Bonchev–Trinajstić information content (AvgIpc) is 3.29. The van der Waals surface area contributed by atoms with E-state index in [9.17, 15) is 19.7 Å². The minimum Gasteiger partial charge on any atom is -0.449 e. The van der Waals surface area contributed by atoms with Crippen molar-refractivity contribution in [3.8, 4) is 11.1 Å². The van der Waals surface area contributed by atoms with Crippen LogP contribution in [0.15, 0.2) is 66.7 Å². The third kappa shape index (κ3) is 5.93. The number of ether oxygens (including phenoxy) is 1. The molecule has 9 nitrogen and oxygen atoms in total. The minimum atomic E-state index is -0.500. The van der Waals surface area contributed by atoms with Crippen LogP contribution in [0.1, 0.15) is 46.7 Å². The molecule has 1 amide bonds. The summed E-state index contributed by atoms with van der Waals surface area (Å²) >= 11 is 0. The van der Waals surface area contributed by atoms with E-state index in [0.29, 0.717) is 43.7 Å². The Bertz CT molecular complexity index is 1320. The number of carbonyl (C=O) groups is 2. The summed E-state index contributed by atoms with van der Waals surface area (Å²) in [5.74, 6) is 0.590. The van der Waals surface area contributed by atoms with Crippen molar-refractivity contribution in [3.05, 3.63) is 99.5 Å². The van der Waals surface area contributed by atoms with Gasteiger partial charge >= 0.3 is 6.09 Å². The number of carbonyl (C=O) groups excluding carboxylic acids is 2. The molecule has 0 saturated carbocycles. The second-order valence-electron chi connectivity index (χ2n) is 9.73. The highest BCUT2D eigenvalue weighted by Gasteiger charge is 2.29. The molecule has 3 aromatic rings. The van der Waals surface area contributed by atoms with Crippen molar-refractivity contribution in [2.45, 2.75) is 25.2 Å². The molecular formula is C30H31N4O5. The van der Waals surface area contributed by atoms with Crippen LogP contribution in [-0.2, 0) is 4.74 Å². The molecule has 1 aliphatic heterocycles. The van der Waals surface area contributed by atoms with Crippen molar-refractivity contribution in [2.24, 2.45) is 0 Å². The lowest BCUT2D eigenvalue weighted by Gasteiger charge is -2.20. The lowest BCUT2D eigenvalue weighted by molar-refractivity contribution is -0.384. The number of hydrogen-bond acceptors (Lipinski definition) is 7. The Morgan fingerprint density at radius 2 is 1.72 bits per heavy atom. The lowest BCUT2D eigenvalue weighted by atomic mass is 9.90. The average molecular weight is 528 g/mol. The van der Waals surface area contributed by atoms with Gasteiger partial charge in [0.15, 0.2) is 5.78 Å². The van der Waals surface area contributed by atoms with E-state index < -0.39 is 11.0 Å².